The molecule has 0 amide bonds. The highest BCUT2D eigenvalue weighted by atomic mass is 127. The Morgan fingerprint density at radius 2 is 1.78 bits per heavy atom. The zero-order chi connectivity index (χ0) is 13.1. The summed E-state index contributed by atoms with van der Waals surface area (Å²) < 4.78 is 14.8. The molecule has 0 saturated heterocycles. The second-order valence-corrected chi connectivity index (χ2v) is 6.10. The van der Waals surface area contributed by atoms with Crippen LogP contribution in [-0.2, 0) is 6.42 Å². The van der Waals surface area contributed by atoms with Crippen LogP contribution in [0.25, 0.3) is 0 Å². The van der Waals surface area contributed by atoms with E-state index in [9.17, 15) is 4.39 Å². The molecule has 0 aliphatic heterocycles. The summed E-state index contributed by atoms with van der Waals surface area (Å²) in [6, 6.07) is 12.5. The summed E-state index contributed by atoms with van der Waals surface area (Å²) in [5, 5.41) is 0.141. The predicted molar refractivity (Wildman–Crippen MR) is 82.9 cm³/mol. The van der Waals surface area contributed by atoms with Gasteiger partial charge in [0.05, 0.1) is 5.38 Å². The molecule has 0 saturated carbocycles. The molecule has 1 atom stereocenters. The van der Waals surface area contributed by atoms with Gasteiger partial charge in [-0.25, -0.2) is 4.39 Å². The standard InChI is InChI=1S/C14H10Cl2FI/c15-12-2-1-3-14(17)11(12)8-13(16)9-4-6-10(18)7-5-9/h1-7,13H,8H2. The first-order valence-corrected chi connectivity index (χ1v) is 7.29. The lowest BCUT2D eigenvalue weighted by Crippen LogP contribution is -1.99. The molecule has 0 aromatic heterocycles. The smallest absolute Gasteiger partial charge is 0.127 e. The van der Waals surface area contributed by atoms with Crippen molar-refractivity contribution in [2.24, 2.45) is 0 Å². The van der Waals surface area contributed by atoms with E-state index in [2.05, 4.69) is 22.6 Å². The molecule has 0 fully saturated rings. The van der Waals surface area contributed by atoms with Crippen LogP contribution in [0.15, 0.2) is 42.5 Å². The third-order valence-corrected chi connectivity index (χ3v) is 4.16. The molecule has 0 radical (unpaired) electrons. The van der Waals surface area contributed by atoms with Crippen molar-refractivity contribution < 1.29 is 4.39 Å². The molecule has 0 spiro atoms. The zero-order valence-corrected chi connectivity index (χ0v) is 13.0. The summed E-state index contributed by atoms with van der Waals surface area (Å²) >= 11 is 14.5. The molecule has 0 aliphatic rings. The van der Waals surface area contributed by atoms with E-state index in [0.717, 1.165) is 9.13 Å². The van der Waals surface area contributed by atoms with Crippen molar-refractivity contribution >= 4 is 45.8 Å². The summed E-state index contributed by atoms with van der Waals surface area (Å²) in [6.07, 6.45) is 0.383. The highest BCUT2D eigenvalue weighted by molar-refractivity contribution is 14.1. The van der Waals surface area contributed by atoms with Crippen LogP contribution in [0.5, 0.6) is 0 Å². The minimum Gasteiger partial charge on any atom is -0.207 e. The largest absolute Gasteiger partial charge is 0.207 e. The van der Waals surface area contributed by atoms with Gasteiger partial charge in [0.1, 0.15) is 5.82 Å². The van der Waals surface area contributed by atoms with Crippen molar-refractivity contribution in [2.45, 2.75) is 11.8 Å². The number of halogens is 4. The van der Waals surface area contributed by atoms with Crippen LogP contribution in [0.2, 0.25) is 5.02 Å². The molecule has 0 nitrogen and oxygen atoms in total. The van der Waals surface area contributed by atoms with E-state index in [1.54, 1.807) is 12.1 Å². The average molecular weight is 395 g/mol. The molecular weight excluding hydrogens is 385 g/mol. The van der Waals surface area contributed by atoms with Crippen LogP contribution < -0.4 is 0 Å². The van der Waals surface area contributed by atoms with Gasteiger partial charge in [-0.3, -0.25) is 0 Å². The highest BCUT2D eigenvalue weighted by Crippen LogP contribution is 2.30. The van der Waals surface area contributed by atoms with Gasteiger partial charge >= 0.3 is 0 Å². The fourth-order valence-corrected chi connectivity index (χ4v) is 2.60. The second kappa shape index (κ2) is 6.22. The first kappa shape index (κ1) is 14.1. The summed E-state index contributed by atoms with van der Waals surface area (Å²) in [4.78, 5) is 0. The number of rotatable bonds is 3. The molecule has 4 heteroatoms. The van der Waals surface area contributed by atoms with Crippen LogP contribution in [0, 0.1) is 9.39 Å². The quantitative estimate of drug-likeness (QED) is 0.469. The maximum atomic E-state index is 13.6. The minimum atomic E-state index is -0.307. The topological polar surface area (TPSA) is 0 Å². The SMILES string of the molecule is Fc1cccc(Cl)c1CC(Cl)c1ccc(I)cc1. The van der Waals surface area contributed by atoms with E-state index < -0.39 is 0 Å². The lowest BCUT2D eigenvalue weighted by atomic mass is 10.0. The van der Waals surface area contributed by atoms with Gasteiger partial charge in [-0.05, 0) is 58.8 Å². The molecule has 94 valence electrons. The molecule has 0 heterocycles. The van der Waals surface area contributed by atoms with Crippen LogP contribution in [0.4, 0.5) is 4.39 Å². The fourth-order valence-electron chi connectivity index (χ4n) is 1.70. The van der Waals surface area contributed by atoms with Crippen molar-refractivity contribution in [1.82, 2.24) is 0 Å². The summed E-state index contributed by atoms with van der Waals surface area (Å²) in [7, 11) is 0. The molecule has 2 rings (SSSR count). The third kappa shape index (κ3) is 3.37. The van der Waals surface area contributed by atoms with Crippen molar-refractivity contribution in [2.75, 3.05) is 0 Å². The summed E-state index contributed by atoms with van der Waals surface area (Å²) in [5.41, 5.74) is 1.44. The Bertz CT molecular complexity index is 520. The Morgan fingerprint density at radius 1 is 1.11 bits per heavy atom. The van der Waals surface area contributed by atoms with Crippen LogP contribution in [-0.4, -0.2) is 0 Å². The van der Waals surface area contributed by atoms with Gasteiger partial charge in [-0.2, -0.15) is 0 Å². The Kier molecular flexibility index (Phi) is 4.87. The van der Waals surface area contributed by atoms with Crippen molar-refractivity contribution in [1.29, 1.82) is 0 Å². The first-order chi connectivity index (χ1) is 8.58. The summed E-state index contributed by atoms with van der Waals surface area (Å²) in [5.74, 6) is -0.307. The lowest BCUT2D eigenvalue weighted by Gasteiger charge is -2.12. The van der Waals surface area contributed by atoms with Gasteiger partial charge in [0, 0.05) is 14.2 Å². The van der Waals surface area contributed by atoms with Crippen molar-refractivity contribution in [3.8, 4) is 0 Å². The molecular formula is C14H10Cl2FI. The number of alkyl halides is 1. The first-order valence-electron chi connectivity index (χ1n) is 5.40. The molecule has 2 aromatic carbocycles. The van der Waals surface area contributed by atoms with E-state index in [0.29, 0.717) is 17.0 Å². The van der Waals surface area contributed by atoms with E-state index >= 15 is 0 Å². The normalized spacial score (nSPS) is 12.4. The maximum Gasteiger partial charge on any atom is 0.127 e. The van der Waals surface area contributed by atoms with Gasteiger partial charge in [0.25, 0.3) is 0 Å². The molecule has 0 aliphatic carbocycles. The van der Waals surface area contributed by atoms with Gasteiger partial charge in [-0.1, -0.05) is 29.8 Å². The molecule has 0 bridgehead atoms. The van der Waals surface area contributed by atoms with E-state index in [-0.39, 0.29) is 11.2 Å². The highest BCUT2D eigenvalue weighted by Gasteiger charge is 2.14. The van der Waals surface area contributed by atoms with E-state index in [1.165, 1.54) is 6.07 Å². The third-order valence-electron chi connectivity index (χ3n) is 2.68. The predicted octanol–water partition coefficient (Wildman–Crippen LogP) is 5.61. The molecule has 18 heavy (non-hydrogen) atoms. The Hall–Kier alpha value is -0.320. The van der Waals surface area contributed by atoms with Crippen molar-refractivity contribution in [3.63, 3.8) is 0 Å². The number of benzene rings is 2. The van der Waals surface area contributed by atoms with Crippen LogP contribution in [0.1, 0.15) is 16.5 Å². The van der Waals surface area contributed by atoms with Gasteiger partial charge < -0.3 is 0 Å². The summed E-state index contributed by atoms with van der Waals surface area (Å²) in [6.45, 7) is 0. The van der Waals surface area contributed by atoms with Gasteiger partial charge in [0.2, 0.25) is 0 Å². The average Bonchev–Trinajstić information content (AvgIpc) is 2.34. The van der Waals surface area contributed by atoms with Crippen molar-refractivity contribution in [3.05, 3.63) is 68.0 Å². The van der Waals surface area contributed by atoms with Gasteiger partial charge in [-0.15, -0.1) is 11.6 Å². The Balaban J connectivity index is 2.21. The molecule has 0 N–H and O–H groups in total. The van der Waals surface area contributed by atoms with Crippen LogP contribution >= 0.6 is 45.8 Å². The van der Waals surface area contributed by atoms with E-state index in [1.807, 2.05) is 24.3 Å². The minimum absolute atomic E-state index is 0.281. The van der Waals surface area contributed by atoms with Gasteiger partial charge in [0.15, 0.2) is 0 Å². The number of hydrogen-bond acceptors (Lipinski definition) is 0. The Morgan fingerprint density at radius 3 is 2.39 bits per heavy atom. The van der Waals surface area contributed by atoms with Crippen LogP contribution in [0.3, 0.4) is 0 Å². The molecule has 2 aromatic rings. The Labute approximate surface area is 129 Å². The fraction of sp³-hybridized carbons (Fsp3) is 0.143. The monoisotopic (exact) mass is 394 g/mol. The second-order valence-electron chi connectivity index (χ2n) is 3.92. The number of hydrogen-bond donors (Lipinski definition) is 0. The molecule has 1 unspecified atom stereocenters. The lowest BCUT2D eigenvalue weighted by molar-refractivity contribution is 0.607. The zero-order valence-electron chi connectivity index (χ0n) is 9.34. The maximum absolute atomic E-state index is 13.6. The van der Waals surface area contributed by atoms with E-state index in [4.69, 9.17) is 23.2 Å².